The first-order chi connectivity index (χ1) is 10.1. The van der Waals surface area contributed by atoms with E-state index in [0.29, 0.717) is 10.6 Å². The van der Waals surface area contributed by atoms with E-state index in [0.717, 1.165) is 29.5 Å². The fourth-order valence-electron chi connectivity index (χ4n) is 1.79. The number of thiocarbonyl (C=S) groups is 1. The van der Waals surface area contributed by atoms with E-state index < -0.39 is 0 Å². The molecule has 4 nitrogen and oxygen atoms in total. The summed E-state index contributed by atoms with van der Waals surface area (Å²) < 4.78 is 0. The van der Waals surface area contributed by atoms with Gasteiger partial charge in [0.1, 0.15) is 11.1 Å². The number of aromatic nitrogens is 2. The largest absolute Gasteiger partial charge is 0.389 e. The summed E-state index contributed by atoms with van der Waals surface area (Å²) in [6.45, 7) is 4.09. The fraction of sp³-hybridized carbons (Fsp3) is 0.250. The van der Waals surface area contributed by atoms with Crippen molar-refractivity contribution in [2.24, 2.45) is 5.73 Å². The maximum atomic E-state index is 8.56. The Kier molecular flexibility index (Phi) is 9.75. The molecular weight excluding hydrogens is 312 g/mol. The second-order valence-electron chi connectivity index (χ2n) is 4.25. The third kappa shape index (κ3) is 5.80. The minimum absolute atomic E-state index is 0. The van der Waals surface area contributed by atoms with Gasteiger partial charge < -0.3 is 5.73 Å². The minimum atomic E-state index is 0. The summed E-state index contributed by atoms with van der Waals surface area (Å²) in [5.74, 6) is 0. The topological polar surface area (TPSA) is 75.6 Å². The molecule has 0 spiro atoms. The predicted octanol–water partition coefficient (Wildman–Crippen LogP) is 2.91. The Morgan fingerprint density at radius 1 is 1.14 bits per heavy atom. The molecule has 0 atom stereocenters. The van der Waals surface area contributed by atoms with E-state index in [9.17, 15) is 0 Å². The highest BCUT2D eigenvalue weighted by Crippen LogP contribution is 2.06. The Labute approximate surface area is 143 Å². The van der Waals surface area contributed by atoms with Gasteiger partial charge in [-0.05, 0) is 36.1 Å². The summed E-state index contributed by atoms with van der Waals surface area (Å²) in [6, 6.07) is 5.90. The molecule has 116 valence electrons. The summed E-state index contributed by atoms with van der Waals surface area (Å²) in [6.07, 6.45) is 8.60. The molecular formula is C16H20N4S2. The lowest BCUT2D eigenvalue weighted by atomic mass is 10.1. The number of nitrogens with two attached hydrogens (primary N) is 1. The maximum Gasteiger partial charge on any atom is 0.105 e. The molecule has 2 N–H and O–H groups in total. The van der Waals surface area contributed by atoms with E-state index in [1.165, 1.54) is 0 Å². The second kappa shape index (κ2) is 10.7. The van der Waals surface area contributed by atoms with Crippen molar-refractivity contribution in [3.63, 3.8) is 0 Å². The molecule has 0 saturated carbocycles. The van der Waals surface area contributed by atoms with Crippen LogP contribution in [0.25, 0.3) is 0 Å². The lowest BCUT2D eigenvalue weighted by Gasteiger charge is -2.02. The zero-order valence-electron chi connectivity index (χ0n) is 12.7. The van der Waals surface area contributed by atoms with Gasteiger partial charge in [-0.25, -0.2) is 0 Å². The van der Waals surface area contributed by atoms with E-state index >= 15 is 0 Å². The van der Waals surface area contributed by atoms with Crippen molar-refractivity contribution in [1.82, 2.24) is 9.97 Å². The van der Waals surface area contributed by atoms with E-state index in [1.54, 1.807) is 24.8 Å². The zero-order valence-corrected chi connectivity index (χ0v) is 14.5. The third-order valence-corrected chi connectivity index (χ3v) is 3.19. The van der Waals surface area contributed by atoms with Crippen LogP contribution in [0.5, 0.6) is 0 Å². The van der Waals surface area contributed by atoms with Crippen LogP contribution in [0, 0.1) is 11.3 Å². The highest BCUT2D eigenvalue weighted by atomic mass is 32.1. The van der Waals surface area contributed by atoms with Gasteiger partial charge in [-0.3, -0.25) is 9.97 Å². The molecule has 0 bridgehead atoms. The molecule has 0 saturated heterocycles. The molecule has 0 unspecified atom stereocenters. The quantitative estimate of drug-likeness (QED) is 0.875. The molecule has 0 amide bonds. The zero-order chi connectivity index (χ0) is 15.7. The van der Waals surface area contributed by atoms with Crippen molar-refractivity contribution in [1.29, 1.82) is 5.26 Å². The number of hydrogen-bond donors (Lipinski definition) is 1. The molecule has 0 aliphatic carbocycles. The predicted molar refractivity (Wildman–Crippen MR) is 98.2 cm³/mol. The Hall–Kier alpha value is -1.97. The second-order valence-corrected chi connectivity index (χ2v) is 4.69. The van der Waals surface area contributed by atoms with E-state index in [1.807, 2.05) is 19.1 Å². The van der Waals surface area contributed by atoms with Crippen LogP contribution in [0.4, 0.5) is 0 Å². The van der Waals surface area contributed by atoms with Crippen molar-refractivity contribution >= 4 is 30.7 Å². The molecule has 22 heavy (non-hydrogen) atoms. The first kappa shape index (κ1) is 20.0. The molecule has 0 aliphatic rings. The van der Waals surface area contributed by atoms with Crippen LogP contribution in [0.2, 0.25) is 0 Å². The average Bonchev–Trinajstić information content (AvgIpc) is 2.55. The molecule has 6 heteroatoms. The van der Waals surface area contributed by atoms with Crippen molar-refractivity contribution in [2.75, 3.05) is 0 Å². The van der Waals surface area contributed by atoms with Crippen LogP contribution in [0.3, 0.4) is 0 Å². The lowest BCUT2D eigenvalue weighted by molar-refractivity contribution is 1.10. The Morgan fingerprint density at radius 3 is 2.09 bits per heavy atom. The van der Waals surface area contributed by atoms with Gasteiger partial charge >= 0.3 is 0 Å². The summed E-state index contributed by atoms with van der Waals surface area (Å²) >= 11 is 4.85. The van der Waals surface area contributed by atoms with Crippen molar-refractivity contribution in [3.05, 3.63) is 59.2 Å². The fourth-order valence-corrected chi connectivity index (χ4v) is 1.97. The van der Waals surface area contributed by atoms with Gasteiger partial charge in [0.05, 0.1) is 5.56 Å². The van der Waals surface area contributed by atoms with Crippen LogP contribution >= 0.6 is 25.7 Å². The van der Waals surface area contributed by atoms with Crippen molar-refractivity contribution in [2.45, 2.75) is 26.7 Å². The number of nitrogens with zero attached hydrogens (tertiary/aromatic N) is 3. The first-order valence-corrected chi connectivity index (χ1v) is 7.10. The molecule has 2 aromatic heterocycles. The van der Waals surface area contributed by atoms with E-state index in [4.69, 9.17) is 23.2 Å². The molecule has 0 aromatic carbocycles. The Bertz CT molecular complexity index is 651. The molecule has 0 radical (unpaired) electrons. The highest BCUT2D eigenvalue weighted by Gasteiger charge is 2.01. The molecule has 2 aromatic rings. The van der Waals surface area contributed by atoms with Gasteiger partial charge in [-0.1, -0.05) is 26.1 Å². The number of aryl methyl sites for hydroxylation is 2. The smallest absolute Gasteiger partial charge is 0.105 e. The molecule has 0 aliphatic heterocycles. The van der Waals surface area contributed by atoms with Gasteiger partial charge in [-0.15, -0.1) is 0 Å². The maximum absolute atomic E-state index is 8.56. The van der Waals surface area contributed by atoms with Crippen LogP contribution in [-0.4, -0.2) is 15.0 Å². The summed E-state index contributed by atoms with van der Waals surface area (Å²) in [5, 5.41) is 8.56. The Morgan fingerprint density at radius 2 is 1.68 bits per heavy atom. The van der Waals surface area contributed by atoms with Gasteiger partial charge in [0, 0.05) is 30.4 Å². The Balaban J connectivity index is 0.000000385. The van der Waals surface area contributed by atoms with Crippen LogP contribution < -0.4 is 5.73 Å². The number of hydrogen-bond acceptors (Lipinski definition) is 4. The van der Waals surface area contributed by atoms with E-state index in [2.05, 4.69) is 23.0 Å². The van der Waals surface area contributed by atoms with Crippen LogP contribution in [-0.2, 0) is 12.8 Å². The molecule has 0 fully saturated rings. The first-order valence-electron chi connectivity index (χ1n) is 6.69. The monoisotopic (exact) mass is 332 g/mol. The minimum Gasteiger partial charge on any atom is -0.389 e. The van der Waals surface area contributed by atoms with Crippen LogP contribution in [0.1, 0.15) is 36.1 Å². The third-order valence-electron chi connectivity index (χ3n) is 2.97. The average molecular weight is 332 g/mol. The SMILES string of the molecule is CCc1ccncc1C#N.CCc1ccncc1C(N)=S.S. The van der Waals surface area contributed by atoms with Crippen LogP contribution in [0.15, 0.2) is 36.9 Å². The standard InChI is InChI=1S/C8H10N2S.C8H8N2.H2S/c1-2-6-3-4-10-5-7(6)8(9)11;1-2-7-3-4-10-6-8(7)5-9;/h3-5H,2H2,1H3,(H2,9,11);3-4,6H,2H2,1H3;1H2. The van der Waals surface area contributed by atoms with Gasteiger partial charge in [-0.2, -0.15) is 18.8 Å². The molecule has 2 heterocycles. The summed E-state index contributed by atoms with van der Waals surface area (Å²) in [4.78, 5) is 8.21. The highest BCUT2D eigenvalue weighted by molar-refractivity contribution is 7.80. The lowest BCUT2D eigenvalue weighted by Crippen LogP contribution is -2.12. The van der Waals surface area contributed by atoms with Gasteiger partial charge in [0.2, 0.25) is 0 Å². The summed E-state index contributed by atoms with van der Waals surface area (Å²) in [7, 11) is 0. The number of pyridine rings is 2. The number of rotatable bonds is 3. The summed E-state index contributed by atoms with van der Waals surface area (Å²) in [5.41, 5.74) is 9.29. The van der Waals surface area contributed by atoms with Crippen molar-refractivity contribution in [3.8, 4) is 6.07 Å². The van der Waals surface area contributed by atoms with Gasteiger partial charge in [0.15, 0.2) is 0 Å². The van der Waals surface area contributed by atoms with Gasteiger partial charge in [0.25, 0.3) is 0 Å². The van der Waals surface area contributed by atoms with Crippen molar-refractivity contribution < 1.29 is 0 Å². The number of nitriles is 1. The van der Waals surface area contributed by atoms with E-state index in [-0.39, 0.29) is 13.5 Å². The molecule has 2 rings (SSSR count). The normalized spacial score (nSPS) is 8.77.